The maximum Gasteiger partial charge on any atom is 0.343 e. The first kappa shape index (κ1) is 11.4. The number of hydrogen-bond donors (Lipinski definition) is 2. The molecule has 0 saturated carbocycles. The second kappa shape index (κ2) is 3.81. The molecule has 1 rings (SSSR count). The molecule has 15 heavy (non-hydrogen) atoms. The quantitative estimate of drug-likeness (QED) is 0.785. The average molecular weight is 210 g/mol. The molecule has 0 aliphatic heterocycles. The van der Waals surface area contributed by atoms with Gasteiger partial charge in [-0.05, 0) is 32.9 Å². The highest BCUT2D eigenvalue weighted by molar-refractivity contribution is 5.94. The summed E-state index contributed by atoms with van der Waals surface area (Å²) in [5.41, 5.74) is -0.703. The molecule has 0 bridgehead atoms. The summed E-state index contributed by atoms with van der Waals surface area (Å²) in [6, 6.07) is 4.39. The zero-order valence-electron chi connectivity index (χ0n) is 8.94. The predicted molar refractivity (Wildman–Crippen MR) is 55.4 cm³/mol. The second-order valence-corrected chi connectivity index (χ2v) is 4.17. The van der Waals surface area contributed by atoms with Gasteiger partial charge in [0, 0.05) is 0 Å². The van der Waals surface area contributed by atoms with Crippen LogP contribution in [-0.2, 0) is 0 Å². The summed E-state index contributed by atoms with van der Waals surface area (Å²) in [6.45, 7) is 5.42. The van der Waals surface area contributed by atoms with E-state index in [0.717, 1.165) is 0 Å². The minimum atomic E-state index is -1.20. The van der Waals surface area contributed by atoms with E-state index < -0.39 is 11.6 Å². The minimum absolute atomic E-state index is 0.176. The van der Waals surface area contributed by atoms with Crippen molar-refractivity contribution in [2.45, 2.75) is 26.4 Å². The molecule has 0 aromatic heterocycles. The van der Waals surface area contributed by atoms with Crippen LogP contribution in [0.3, 0.4) is 0 Å². The van der Waals surface area contributed by atoms with Crippen LogP contribution >= 0.6 is 0 Å². The Bertz CT molecular complexity index is 377. The molecule has 0 spiro atoms. The second-order valence-electron chi connectivity index (χ2n) is 4.17. The van der Waals surface area contributed by atoms with Crippen molar-refractivity contribution < 1.29 is 19.7 Å². The molecule has 82 valence electrons. The number of phenols is 1. The molecular weight excluding hydrogens is 196 g/mol. The Labute approximate surface area is 88.1 Å². The van der Waals surface area contributed by atoms with Gasteiger partial charge in [-0.3, -0.25) is 0 Å². The highest BCUT2D eigenvalue weighted by atomic mass is 16.5. The van der Waals surface area contributed by atoms with Gasteiger partial charge in [0.2, 0.25) is 0 Å². The Morgan fingerprint density at radius 2 is 1.93 bits per heavy atom. The third-order valence-corrected chi connectivity index (χ3v) is 1.63. The van der Waals surface area contributed by atoms with Crippen molar-refractivity contribution in [1.29, 1.82) is 0 Å². The molecule has 0 unspecified atom stereocenters. The van der Waals surface area contributed by atoms with E-state index in [1.807, 2.05) is 20.8 Å². The van der Waals surface area contributed by atoms with E-state index in [1.165, 1.54) is 12.1 Å². The van der Waals surface area contributed by atoms with Crippen molar-refractivity contribution in [1.82, 2.24) is 0 Å². The van der Waals surface area contributed by atoms with Gasteiger partial charge in [-0.25, -0.2) is 4.79 Å². The van der Waals surface area contributed by atoms with Gasteiger partial charge in [0.1, 0.15) is 22.7 Å². The fourth-order valence-electron chi connectivity index (χ4n) is 1.15. The smallest absolute Gasteiger partial charge is 0.343 e. The zero-order chi connectivity index (χ0) is 11.6. The number of aromatic carboxylic acids is 1. The van der Waals surface area contributed by atoms with E-state index in [2.05, 4.69) is 0 Å². The normalized spacial score (nSPS) is 11.1. The zero-order valence-corrected chi connectivity index (χ0v) is 8.94. The lowest BCUT2D eigenvalue weighted by Gasteiger charge is -2.22. The number of carbonyl (C=O) groups is 1. The van der Waals surface area contributed by atoms with E-state index in [0.29, 0.717) is 0 Å². The lowest BCUT2D eigenvalue weighted by atomic mass is 10.1. The fraction of sp³-hybridized carbons (Fsp3) is 0.364. The first-order chi connectivity index (χ1) is 6.81. The molecule has 2 N–H and O–H groups in total. The fourth-order valence-corrected chi connectivity index (χ4v) is 1.15. The summed E-state index contributed by atoms with van der Waals surface area (Å²) in [7, 11) is 0. The summed E-state index contributed by atoms with van der Waals surface area (Å²) in [6.07, 6.45) is 0. The summed E-state index contributed by atoms with van der Waals surface area (Å²) < 4.78 is 5.43. The van der Waals surface area contributed by atoms with Crippen LogP contribution < -0.4 is 4.74 Å². The number of benzene rings is 1. The van der Waals surface area contributed by atoms with Gasteiger partial charge < -0.3 is 14.9 Å². The molecule has 0 heterocycles. The highest BCUT2D eigenvalue weighted by Gasteiger charge is 2.20. The lowest BCUT2D eigenvalue weighted by Crippen LogP contribution is -2.24. The van der Waals surface area contributed by atoms with E-state index in [4.69, 9.17) is 9.84 Å². The van der Waals surface area contributed by atoms with E-state index in [-0.39, 0.29) is 17.1 Å². The van der Waals surface area contributed by atoms with Crippen LogP contribution in [-0.4, -0.2) is 21.8 Å². The Hall–Kier alpha value is -1.71. The monoisotopic (exact) mass is 210 g/mol. The molecule has 1 aromatic rings. The van der Waals surface area contributed by atoms with Gasteiger partial charge in [-0.2, -0.15) is 0 Å². The molecule has 4 heteroatoms. The van der Waals surface area contributed by atoms with Crippen molar-refractivity contribution in [3.05, 3.63) is 23.8 Å². The van der Waals surface area contributed by atoms with Crippen LogP contribution in [0.25, 0.3) is 0 Å². The van der Waals surface area contributed by atoms with Crippen molar-refractivity contribution in [2.75, 3.05) is 0 Å². The largest absolute Gasteiger partial charge is 0.507 e. The molecule has 1 aromatic carbocycles. The van der Waals surface area contributed by atoms with E-state index >= 15 is 0 Å². The summed E-state index contributed by atoms with van der Waals surface area (Å²) in [4.78, 5) is 10.9. The number of ether oxygens (including phenoxy) is 1. The minimum Gasteiger partial charge on any atom is -0.507 e. The maximum atomic E-state index is 10.9. The number of aromatic hydroxyl groups is 1. The molecule has 4 nitrogen and oxygen atoms in total. The van der Waals surface area contributed by atoms with Gasteiger partial charge in [-0.15, -0.1) is 0 Å². The Balaban J connectivity index is 3.18. The molecular formula is C11H14O4. The topological polar surface area (TPSA) is 66.8 Å². The predicted octanol–water partition coefficient (Wildman–Crippen LogP) is 2.27. The van der Waals surface area contributed by atoms with Crippen molar-refractivity contribution in [3.8, 4) is 11.5 Å². The highest BCUT2D eigenvalue weighted by Crippen LogP contribution is 2.29. The van der Waals surface area contributed by atoms with E-state index in [1.54, 1.807) is 6.07 Å². The van der Waals surface area contributed by atoms with Gasteiger partial charge in [0.25, 0.3) is 0 Å². The lowest BCUT2D eigenvalue weighted by molar-refractivity contribution is 0.0677. The average Bonchev–Trinajstić information content (AvgIpc) is 1.99. The van der Waals surface area contributed by atoms with Gasteiger partial charge in [0.15, 0.2) is 0 Å². The van der Waals surface area contributed by atoms with Crippen molar-refractivity contribution in [3.63, 3.8) is 0 Å². The van der Waals surface area contributed by atoms with Crippen LogP contribution in [0, 0.1) is 0 Å². The van der Waals surface area contributed by atoms with Crippen LogP contribution in [0.4, 0.5) is 0 Å². The van der Waals surface area contributed by atoms with Crippen LogP contribution in [0.15, 0.2) is 18.2 Å². The molecule has 0 aliphatic rings. The van der Waals surface area contributed by atoms with Crippen LogP contribution in [0.5, 0.6) is 11.5 Å². The first-order valence-corrected chi connectivity index (χ1v) is 4.55. The molecule has 0 amide bonds. The van der Waals surface area contributed by atoms with Gasteiger partial charge in [-0.1, -0.05) is 6.07 Å². The number of carboxylic acid groups (broad SMARTS) is 1. The van der Waals surface area contributed by atoms with Gasteiger partial charge >= 0.3 is 5.97 Å². The number of rotatable bonds is 2. The van der Waals surface area contributed by atoms with E-state index in [9.17, 15) is 9.90 Å². The third-order valence-electron chi connectivity index (χ3n) is 1.63. The molecule has 0 atom stereocenters. The summed E-state index contributed by atoms with van der Waals surface area (Å²) in [5.74, 6) is -1.31. The van der Waals surface area contributed by atoms with Crippen LogP contribution in [0.1, 0.15) is 31.1 Å². The Morgan fingerprint density at radius 3 is 2.40 bits per heavy atom. The SMILES string of the molecule is CC(C)(C)Oc1cccc(O)c1C(=O)O. The number of carboxylic acids is 1. The third kappa shape index (κ3) is 2.87. The molecule has 0 saturated heterocycles. The van der Waals surface area contributed by atoms with Crippen molar-refractivity contribution >= 4 is 5.97 Å². The Kier molecular flexibility index (Phi) is 2.88. The first-order valence-electron chi connectivity index (χ1n) is 4.55. The maximum absolute atomic E-state index is 10.9. The number of hydrogen-bond acceptors (Lipinski definition) is 3. The summed E-state index contributed by atoms with van der Waals surface area (Å²) in [5, 5.41) is 18.3. The molecule has 0 radical (unpaired) electrons. The van der Waals surface area contributed by atoms with Crippen LogP contribution in [0.2, 0.25) is 0 Å². The standard InChI is InChI=1S/C11H14O4/c1-11(2,3)15-8-6-4-5-7(12)9(8)10(13)14/h4-6,12H,1-3H3,(H,13,14). The molecule has 0 fully saturated rings. The molecule has 0 aliphatic carbocycles. The van der Waals surface area contributed by atoms with Gasteiger partial charge in [0.05, 0.1) is 0 Å². The summed E-state index contributed by atoms with van der Waals surface area (Å²) >= 11 is 0. The van der Waals surface area contributed by atoms with Crippen molar-refractivity contribution in [2.24, 2.45) is 0 Å². The Morgan fingerprint density at radius 1 is 1.33 bits per heavy atom.